The molecule has 0 aliphatic carbocycles. The Morgan fingerprint density at radius 1 is 1.24 bits per heavy atom. The lowest BCUT2D eigenvalue weighted by Gasteiger charge is -2.37. The summed E-state index contributed by atoms with van der Waals surface area (Å²) in [4.78, 5) is 22.7. The van der Waals surface area contributed by atoms with Gasteiger partial charge in [-0.3, -0.25) is 0 Å². The van der Waals surface area contributed by atoms with Crippen LogP contribution in [-0.2, 0) is 10.3 Å². The van der Waals surface area contributed by atoms with Crippen LogP contribution in [0.15, 0.2) is 34.1 Å². The molecule has 4 heterocycles. The van der Waals surface area contributed by atoms with Crippen LogP contribution in [0.5, 0.6) is 11.6 Å². The minimum Gasteiger partial charge on any atom is -0.478 e. The Hall–Kier alpha value is -2.79. The quantitative estimate of drug-likeness (QED) is 0.542. The van der Waals surface area contributed by atoms with Crippen molar-refractivity contribution in [3.05, 3.63) is 45.8 Å². The number of rotatable bonds is 4. The van der Waals surface area contributed by atoms with Gasteiger partial charge in [-0.05, 0) is 26.0 Å². The number of nitrogens with zero attached hydrogens (tertiary/aromatic N) is 4. The van der Waals surface area contributed by atoms with Gasteiger partial charge in [-0.25, -0.2) is 9.78 Å². The van der Waals surface area contributed by atoms with Gasteiger partial charge in [0.25, 0.3) is 5.88 Å². The molecule has 0 radical (unpaired) electrons. The maximum atomic E-state index is 12.5. The topological polar surface area (TPSA) is 112 Å². The lowest BCUT2D eigenvalue weighted by molar-refractivity contribution is -0.0720. The maximum absolute atomic E-state index is 12.5. The first-order valence-electron chi connectivity index (χ1n) is 10.00. The third-order valence-corrected chi connectivity index (χ3v) is 6.22. The van der Waals surface area contributed by atoms with Gasteiger partial charge in [0.2, 0.25) is 0 Å². The molecule has 1 aliphatic heterocycles. The molecule has 0 spiro atoms. The zero-order chi connectivity index (χ0) is 23.8. The van der Waals surface area contributed by atoms with Crippen molar-refractivity contribution in [3.63, 3.8) is 0 Å². The van der Waals surface area contributed by atoms with Gasteiger partial charge in [0, 0.05) is 20.2 Å². The van der Waals surface area contributed by atoms with Crippen molar-refractivity contribution in [2.45, 2.75) is 18.4 Å². The average molecular weight is 497 g/mol. The largest absolute Gasteiger partial charge is 0.478 e. The molecular formula is C21H22Cl2N4O6. The van der Waals surface area contributed by atoms with E-state index in [0.717, 1.165) is 38.3 Å². The van der Waals surface area contributed by atoms with Gasteiger partial charge in [-0.2, -0.15) is 9.72 Å². The average Bonchev–Trinajstić information content (AvgIpc) is 3.24. The van der Waals surface area contributed by atoms with Crippen LogP contribution in [0, 0.1) is 0 Å². The van der Waals surface area contributed by atoms with Crippen LogP contribution in [-0.4, -0.2) is 60.3 Å². The summed E-state index contributed by atoms with van der Waals surface area (Å²) in [5, 5.41) is 9.85. The second-order valence-electron chi connectivity index (χ2n) is 7.65. The summed E-state index contributed by atoms with van der Waals surface area (Å²) in [6.07, 6.45) is 4.11. The highest BCUT2D eigenvalue weighted by Gasteiger charge is 2.39. The molecule has 3 aromatic rings. The van der Waals surface area contributed by atoms with E-state index in [1.807, 2.05) is 0 Å². The highest BCUT2D eigenvalue weighted by Crippen LogP contribution is 2.42. The van der Waals surface area contributed by atoms with E-state index in [-0.39, 0.29) is 27.0 Å². The van der Waals surface area contributed by atoms with Crippen molar-refractivity contribution >= 4 is 40.3 Å². The number of hydrogen-bond donors (Lipinski definition) is 1. The summed E-state index contributed by atoms with van der Waals surface area (Å²) in [5.41, 5.74) is -0.294. The second-order valence-corrected chi connectivity index (χ2v) is 8.46. The molecular weight excluding hydrogens is 475 g/mol. The summed E-state index contributed by atoms with van der Waals surface area (Å²) in [5.74, 6) is 0.957. The molecule has 12 heteroatoms. The van der Waals surface area contributed by atoms with Gasteiger partial charge >= 0.3 is 6.09 Å². The van der Waals surface area contributed by atoms with Gasteiger partial charge in [0.1, 0.15) is 16.7 Å². The molecule has 1 fully saturated rings. The Morgan fingerprint density at radius 3 is 2.52 bits per heavy atom. The monoisotopic (exact) mass is 496 g/mol. The lowest BCUT2D eigenvalue weighted by Crippen LogP contribution is -2.41. The van der Waals surface area contributed by atoms with Crippen molar-refractivity contribution in [2.24, 2.45) is 4.99 Å². The molecule has 1 N–H and O–H groups in total. The standard InChI is InChI=1S/C21H22Cl2N4O6/c1-26-6-4-21(31-3,5-7-26)16-8-12-15(9-24-19(30-2)18(12)33-16)32-20(28)25-17-13(22)10-27(29)11-14(17)23/h8-11,29H,4-7H2,1-3H3. The van der Waals surface area contributed by atoms with Crippen LogP contribution in [0.3, 0.4) is 0 Å². The van der Waals surface area contributed by atoms with Gasteiger partial charge in [-0.1, -0.05) is 23.2 Å². The van der Waals surface area contributed by atoms with E-state index < -0.39 is 11.7 Å². The van der Waals surface area contributed by atoms with E-state index in [1.54, 1.807) is 13.2 Å². The number of aromatic nitrogens is 2. The molecule has 4 rings (SSSR count). The van der Waals surface area contributed by atoms with Crippen molar-refractivity contribution < 1.29 is 28.6 Å². The fraction of sp³-hybridized carbons (Fsp3) is 0.381. The Bertz CT molecular complexity index is 1240. The van der Waals surface area contributed by atoms with Gasteiger partial charge < -0.3 is 28.7 Å². The molecule has 0 saturated carbocycles. The summed E-state index contributed by atoms with van der Waals surface area (Å²) < 4.78 is 23.4. The van der Waals surface area contributed by atoms with E-state index in [9.17, 15) is 10.0 Å². The fourth-order valence-corrected chi connectivity index (χ4v) is 4.32. The minimum atomic E-state index is -0.980. The SMILES string of the molecule is COc1ncc(OC(=O)N=c2c(Cl)cn(O)cc2Cl)c2cc(C3(OC)CCN(C)CC3)oc12. The third kappa shape index (κ3) is 4.51. The molecule has 3 aromatic heterocycles. The number of methoxy groups -OCH3 is 2. The Kier molecular flexibility index (Phi) is 6.53. The molecule has 10 nitrogen and oxygen atoms in total. The number of hydrogen-bond acceptors (Lipinski definition) is 8. The lowest BCUT2D eigenvalue weighted by atomic mass is 9.88. The zero-order valence-corrected chi connectivity index (χ0v) is 19.7. The van der Waals surface area contributed by atoms with Gasteiger partial charge in [-0.15, -0.1) is 0 Å². The Morgan fingerprint density at radius 2 is 1.91 bits per heavy atom. The number of carbonyl (C=O) groups excluding carboxylic acids is 1. The number of halogens is 2. The minimum absolute atomic E-state index is 0.0325. The number of fused-ring (bicyclic) bond motifs is 1. The third-order valence-electron chi connectivity index (χ3n) is 5.66. The van der Waals surface area contributed by atoms with Crippen molar-refractivity contribution in [1.29, 1.82) is 0 Å². The van der Waals surface area contributed by atoms with E-state index in [1.165, 1.54) is 13.3 Å². The molecule has 33 heavy (non-hydrogen) atoms. The molecule has 0 atom stereocenters. The van der Waals surface area contributed by atoms with Crippen LogP contribution < -0.4 is 14.8 Å². The van der Waals surface area contributed by atoms with Crippen LogP contribution >= 0.6 is 23.2 Å². The van der Waals surface area contributed by atoms with Crippen LogP contribution in [0.2, 0.25) is 10.0 Å². The molecule has 1 aliphatic rings. The molecule has 0 bridgehead atoms. The number of pyridine rings is 2. The smallest absolute Gasteiger partial charge is 0.439 e. The van der Waals surface area contributed by atoms with Gasteiger partial charge in [0.05, 0.1) is 41.1 Å². The van der Waals surface area contributed by atoms with E-state index in [2.05, 4.69) is 21.9 Å². The second kappa shape index (κ2) is 9.22. The number of furan rings is 1. The summed E-state index contributed by atoms with van der Waals surface area (Å²) in [6.45, 7) is 1.68. The Balaban J connectivity index is 1.73. The number of ether oxygens (including phenoxy) is 3. The predicted octanol–water partition coefficient (Wildman–Crippen LogP) is 3.85. The number of likely N-dealkylation sites (tertiary alicyclic amines) is 1. The van der Waals surface area contributed by atoms with Crippen molar-refractivity contribution in [3.8, 4) is 11.6 Å². The van der Waals surface area contributed by atoms with Gasteiger partial charge in [0.15, 0.2) is 11.3 Å². The fourth-order valence-electron chi connectivity index (χ4n) is 3.78. The molecule has 0 aromatic carbocycles. The number of amides is 1. The van der Waals surface area contributed by atoms with E-state index in [4.69, 9.17) is 41.8 Å². The summed E-state index contributed by atoms with van der Waals surface area (Å²) >= 11 is 12.0. The van der Waals surface area contributed by atoms with Crippen LogP contribution in [0.4, 0.5) is 4.79 Å². The van der Waals surface area contributed by atoms with Crippen molar-refractivity contribution in [1.82, 2.24) is 14.6 Å². The highest BCUT2D eigenvalue weighted by molar-refractivity contribution is 6.34. The van der Waals surface area contributed by atoms with Crippen molar-refractivity contribution in [2.75, 3.05) is 34.4 Å². The van der Waals surface area contributed by atoms with Crippen LogP contribution in [0.1, 0.15) is 18.6 Å². The summed E-state index contributed by atoms with van der Waals surface area (Å²) in [7, 11) is 5.17. The van der Waals surface area contributed by atoms with E-state index >= 15 is 0 Å². The molecule has 1 saturated heterocycles. The normalized spacial score (nSPS) is 16.0. The molecule has 176 valence electrons. The predicted molar refractivity (Wildman–Crippen MR) is 119 cm³/mol. The maximum Gasteiger partial charge on any atom is 0.439 e. The zero-order valence-electron chi connectivity index (χ0n) is 18.2. The Labute approximate surface area is 198 Å². The first kappa shape index (κ1) is 23.4. The highest BCUT2D eigenvalue weighted by atomic mass is 35.5. The molecule has 1 amide bonds. The summed E-state index contributed by atoms with van der Waals surface area (Å²) in [6, 6.07) is 1.77. The first-order valence-corrected chi connectivity index (χ1v) is 10.8. The van der Waals surface area contributed by atoms with E-state index in [0.29, 0.717) is 21.5 Å². The first-order chi connectivity index (χ1) is 15.8. The van der Waals surface area contributed by atoms with Crippen LogP contribution in [0.25, 0.3) is 11.0 Å². The number of piperidine rings is 1. The number of carbonyl (C=O) groups is 1. The molecule has 0 unspecified atom stereocenters.